The molecule has 0 aromatic heterocycles. The fraction of sp³-hybridized carbons (Fsp3) is 0.500. The maximum atomic E-state index is 12.5. The molecule has 2 N–H and O–H groups in total. The standard InChI is InChI=1S/C30H33NO6/c1-5-8-11-12-13-14-15-16-17-18-19-27(30(35)36)24-29(34)37-26(4)25-31(21-9-6-2,22-10-7-3)23-20-28(32)33/h1,26-27H,6-7,9-10,20-25H2,2-4H3,(H-,32,33,35,36)/p+1. The SMILES string of the molecule is C#CC#CC#CC#CC#CC#CC(CC(=O)OC(C)C[N+](CCCC)(CCCC)CCC(=O)O)C(=O)O. The lowest BCUT2D eigenvalue weighted by atomic mass is 10.1. The molecule has 0 spiro atoms. The first-order chi connectivity index (χ1) is 17.7. The largest absolute Gasteiger partial charge is 0.481 e. The van der Waals surface area contributed by atoms with E-state index in [9.17, 15) is 24.6 Å². The van der Waals surface area contributed by atoms with Crippen LogP contribution in [0.4, 0.5) is 0 Å². The molecule has 0 amide bonds. The molecule has 2 unspecified atom stereocenters. The van der Waals surface area contributed by atoms with Gasteiger partial charge in [-0.2, -0.15) is 0 Å². The third kappa shape index (κ3) is 16.9. The number of aliphatic carboxylic acids is 2. The number of carbonyl (C=O) groups is 3. The van der Waals surface area contributed by atoms with Crippen molar-refractivity contribution >= 4 is 17.9 Å². The van der Waals surface area contributed by atoms with Crippen molar-refractivity contribution in [3.63, 3.8) is 0 Å². The number of carboxylic acids is 2. The van der Waals surface area contributed by atoms with E-state index >= 15 is 0 Å². The Labute approximate surface area is 220 Å². The zero-order valence-electron chi connectivity index (χ0n) is 21.8. The molecule has 0 aliphatic rings. The smallest absolute Gasteiger partial charge is 0.319 e. The highest BCUT2D eigenvalue weighted by molar-refractivity contribution is 5.81. The summed E-state index contributed by atoms with van der Waals surface area (Å²) in [6.07, 6.45) is 7.82. The van der Waals surface area contributed by atoms with Crippen molar-refractivity contribution in [2.75, 3.05) is 26.2 Å². The fourth-order valence-electron chi connectivity index (χ4n) is 3.53. The van der Waals surface area contributed by atoms with Crippen LogP contribution in [0.5, 0.6) is 0 Å². The summed E-state index contributed by atoms with van der Waals surface area (Å²) in [5, 5.41) is 18.6. The molecule has 0 fully saturated rings. The van der Waals surface area contributed by atoms with Crippen LogP contribution < -0.4 is 0 Å². The Balaban J connectivity index is 5.26. The van der Waals surface area contributed by atoms with E-state index in [1.54, 1.807) is 6.92 Å². The first kappa shape index (κ1) is 32.7. The molecule has 7 nitrogen and oxygen atoms in total. The Kier molecular flexibility index (Phi) is 17.7. The highest BCUT2D eigenvalue weighted by atomic mass is 16.5. The van der Waals surface area contributed by atoms with Gasteiger partial charge in [0.2, 0.25) is 0 Å². The van der Waals surface area contributed by atoms with Crippen LogP contribution in [0.3, 0.4) is 0 Å². The topological polar surface area (TPSA) is 101 Å². The minimum absolute atomic E-state index is 0.0304. The molecule has 0 bridgehead atoms. The number of esters is 1. The molecule has 0 heterocycles. The van der Waals surface area contributed by atoms with E-state index in [1.165, 1.54) is 0 Å². The maximum absolute atomic E-state index is 12.5. The summed E-state index contributed by atoms with van der Waals surface area (Å²) in [6, 6.07) is 0. The lowest BCUT2D eigenvalue weighted by molar-refractivity contribution is -0.930. The van der Waals surface area contributed by atoms with E-state index in [4.69, 9.17) is 11.2 Å². The summed E-state index contributed by atoms with van der Waals surface area (Å²) >= 11 is 0. The van der Waals surface area contributed by atoms with Crippen LogP contribution in [0.1, 0.15) is 59.3 Å². The van der Waals surface area contributed by atoms with Crippen molar-refractivity contribution < 1.29 is 33.8 Å². The Morgan fingerprint density at radius 2 is 1.35 bits per heavy atom. The molecule has 194 valence electrons. The van der Waals surface area contributed by atoms with Gasteiger partial charge in [0.1, 0.15) is 18.6 Å². The molecule has 2 atom stereocenters. The van der Waals surface area contributed by atoms with Crippen LogP contribution in [0.2, 0.25) is 0 Å². The number of hydrogen-bond acceptors (Lipinski definition) is 4. The number of ether oxygens (including phenoxy) is 1. The lowest BCUT2D eigenvalue weighted by Crippen LogP contribution is -2.54. The van der Waals surface area contributed by atoms with Crippen LogP contribution in [0.15, 0.2) is 0 Å². The molecule has 0 aromatic rings. The molecule has 0 saturated heterocycles. The molecule has 0 radical (unpaired) electrons. The Bertz CT molecular complexity index is 1130. The number of carbonyl (C=O) groups excluding carboxylic acids is 1. The van der Waals surface area contributed by atoms with Crippen LogP contribution in [0, 0.1) is 77.5 Å². The predicted octanol–water partition coefficient (Wildman–Crippen LogP) is 2.55. The number of hydrogen-bond donors (Lipinski definition) is 2. The van der Waals surface area contributed by atoms with Gasteiger partial charge in [-0.05, 0) is 79.0 Å². The molecule has 7 heteroatoms. The number of rotatable bonds is 15. The Morgan fingerprint density at radius 1 is 0.838 bits per heavy atom. The fourth-order valence-corrected chi connectivity index (χ4v) is 3.53. The highest BCUT2D eigenvalue weighted by Gasteiger charge is 2.31. The van der Waals surface area contributed by atoms with Crippen molar-refractivity contribution in [1.29, 1.82) is 0 Å². The lowest BCUT2D eigenvalue weighted by Gasteiger charge is -2.40. The van der Waals surface area contributed by atoms with Crippen molar-refractivity contribution in [2.24, 2.45) is 5.92 Å². The van der Waals surface area contributed by atoms with Gasteiger partial charge in [0.25, 0.3) is 0 Å². The normalized spacial score (nSPS) is 10.9. The zero-order chi connectivity index (χ0) is 27.9. The van der Waals surface area contributed by atoms with Gasteiger partial charge in [-0.3, -0.25) is 14.4 Å². The Hall–Kier alpha value is -4.27. The monoisotopic (exact) mass is 504 g/mol. The van der Waals surface area contributed by atoms with E-state index in [0.29, 0.717) is 17.6 Å². The number of carboxylic acid groups (broad SMARTS) is 2. The summed E-state index contributed by atoms with van der Waals surface area (Å²) in [4.78, 5) is 35.3. The van der Waals surface area contributed by atoms with Crippen LogP contribution in [0.25, 0.3) is 0 Å². The van der Waals surface area contributed by atoms with Crippen molar-refractivity contribution in [3.05, 3.63) is 0 Å². The minimum atomic E-state index is -1.28. The van der Waals surface area contributed by atoms with Crippen LogP contribution in [-0.4, -0.2) is 64.9 Å². The summed E-state index contributed by atoms with van der Waals surface area (Å²) in [7, 11) is 0. The maximum Gasteiger partial charge on any atom is 0.319 e. The van der Waals surface area contributed by atoms with Gasteiger partial charge in [-0.25, -0.2) is 0 Å². The number of terminal acetylenes is 1. The Morgan fingerprint density at radius 3 is 1.81 bits per heavy atom. The average Bonchev–Trinajstić information content (AvgIpc) is 2.84. The van der Waals surface area contributed by atoms with Crippen molar-refractivity contribution in [1.82, 2.24) is 0 Å². The third-order valence-corrected chi connectivity index (χ3v) is 5.24. The number of nitrogens with zero attached hydrogens (tertiary/aromatic N) is 1. The van der Waals surface area contributed by atoms with Gasteiger partial charge in [-0.1, -0.05) is 32.6 Å². The van der Waals surface area contributed by atoms with Crippen LogP contribution >= 0.6 is 0 Å². The van der Waals surface area contributed by atoms with Gasteiger partial charge in [0.05, 0.1) is 32.5 Å². The summed E-state index contributed by atoms with van der Waals surface area (Å²) in [5.41, 5.74) is 0. The second-order valence-electron chi connectivity index (χ2n) is 8.35. The van der Waals surface area contributed by atoms with E-state index < -0.39 is 36.4 Å². The van der Waals surface area contributed by atoms with E-state index in [-0.39, 0.29) is 6.42 Å². The van der Waals surface area contributed by atoms with E-state index in [0.717, 1.165) is 38.8 Å². The first-order valence-corrected chi connectivity index (χ1v) is 12.1. The second kappa shape index (κ2) is 20.0. The first-order valence-electron chi connectivity index (χ1n) is 12.1. The molecular weight excluding hydrogens is 470 g/mol. The summed E-state index contributed by atoms with van der Waals surface area (Å²) in [6.45, 7) is 8.39. The molecular formula is C30H34NO6+. The van der Waals surface area contributed by atoms with Gasteiger partial charge >= 0.3 is 17.9 Å². The molecule has 0 aliphatic carbocycles. The molecule has 0 saturated carbocycles. The zero-order valence-corrected chi connectivity index (χ0v) is 21.8. The average molecular weight is 505 g/mol. The quantitative estimate of drug-likeness (QED) is 0.202. The molecule has 0 rings (SSSR count). The minimum Gasteiger partial charge on any atom is -0.481 e. The summed E-state index contributed by atoms with van der Waals surface area (Å²) < 4.78 is 6.07. The summed E-state index contributed by atoms with van der Waals surface area (Å²) in [5.74, 6) is 22.0. The van der Waals surface area contributed by atoms with Gasteiger partial charge < -0.3 is 19.4 Å². The van der Waals surface area contributed by atoms with Crippen LogP contribution in [-0.2, 0) is 19.1 Å². The molecule has 0 aliphatic heterocycles. The number of unbranched alkanes of at least 4 members (excludes halogenated alkanes) is 2. The highest BCUT2D eigenvalue weighted by Crippen LogP contribution is 2.17. The van der Waals surface area contributed by atoms with Crippen molar-refractivity contribution in [2.45, 2.75) is 65.4 Å². The molecule has 0 aromatic carbocycles. The van der Waals surface area contributed by atoms with Gasteiger partial charge in [-0.15, -0.1) is 6.42 Å². The van der Waals surface area contributed by atoms with Gasteiger partial charge in [0.15, 0.2) is 0 Å². The van der Waals surface area contributed by atoms with E-state index in [2.05, 4.69) is 79.0 Å². The third-order valence-electron chi connectivity index (χ3n) is 5.24. The predicted molar refractivity (Wildman–Crippen MR) is 141 cm³/mol. The van der Waals surface area contributed by atoms with E-state index in [1.807, 2.05) is 0 Å². The second-order valence-corrected chi connectivity index (χ2v) is 8.35. The van der Waals surface area contributed by atoms with Gasteiger partial charge in [0, 0.05) is 0 Å². The molecule has 37 heavy (non-hydrogen) atoms. The number of quaternary nitrogens is 1. The van der Waals surface area contributed by atoms with Crippen molar-refractivity contribution in [3.8, 4) is 71.5 Å².